The van der Waals surface area contributed by atoms with E-state index in [2.05, 4.69) is 40.9 Å². The lowest BCUT2D eigenvalue weighted by Crippen LogP contribution is -2.13. The number of benzene rings is 2. The number of methoxy groups -OCH3 is 1. The highest BCUT2D eigenvalue weighted by atomic mass is 16.5. The van der Waals surface area contributed by atoms with Crippen molar-refractivity contribution in [2.45, 2.75) is 26.1 Å². The first kappa shape index (κ1) is 19.5. The minimum atomic E-state index is 0.641. The van der Waals surface area contributed by atoms with Crippen LogP contribution in [-0.4, -0.2) is 30.1 Å². The maximum atomic E-state index is 5.84. The van der Waals surface area contributed by atoms with Gasteiger partial charge in [0.1, 0.15) is 0 Å². The Labute approximate surface area is 171 Å². The summed E-state index contributed by atoms with van der Waals surface area (Å²) in [6.45, 7) is 3.54. The predicted molar refractivity (Wildman–Crippen MR) is 112 cm³/mol. The first-order valence-corrected chi connectivity index (χ1v) is 9.93. The van der Waals surface area contributed by atoms with Gasteiger partial charge in [-0.05, 0) is 29.3 Å². The highest BCUT2D eigenvalue weighted by molar-refractivity contribution is 5.66. The van der Waals surface area contributed by atoms with Gasteiger partial charge in [-0.1, -0.05) is 24.3 Å². The van der Waals surface area contributed by atoms with Gasteiger partial charge in [0.2, 0.25) is 0 Å². The molecule has 0 saturated carbocycles. The fourth-order valence-electron chi connectivity index (χ4n) is 3.48. The van der Waals surface area contributed by atoms with Crippen LogP contribution in [0.2, 0.25) is 0 Å². The van der Waals surface area contributed by atoms with Crippen LogP contribution in [0, 0.1) is 0 Å². The van der Waals surface area contributed by atoms with Crippen LogP contribution in [0.3, 0.4) is 0 Å². The van der Waals surface area contributed by atoms with Crippen molar-refractivity contribution in [2.75, 3.05) is 20.3 Å². The molecule has 6 heteroatoms. The third-order valence-electron chi connectivity index (χ3n) is 4.90. The lowest BCUT2D eigenvalue weighted by molar-refractivity contribution is 0.185. The van der Waals surface area contributed by atoms with E-state index >= 15 is 0 Å². The van der Waals surface area contributed by atoms with E-state index in [4.69, 9.17) is 14.2 Å². The number of hydrogen-bond donors (Lipinski definition) is 1. The Balaban J connectivity index is 1.45. The lowest BCUT2D eigenvalue weighted by atomic mass is 10.1. The van der Waals surface area contributed by atoms with Crippen molar-refractivity contribution >= 4 is 0 Å². The van der Waals surface area contributed by atoms with Gasteiger partial charge in [-0.25, -0.2) is 0 Å². The summed E-state index contributed by atoms with van der Waals surface area (Å²) < 4.78 is 18.6. The summed E-state index contributed by atoms with van der Waals surface area (Å²) in [6, 6.07) is 14.5. The van der Waals surface area contributed by atoms with E-state index in [0.717, 1.165) is 47.8 Å². The normalized spacial score (nSPS) is 13.3. The summed E-state index contributed by atoms with van der Waals surface area (Å²) in [4.78, 5) is 0. The Bertz CT molecular complexity index is 951. The Morgan fingerprint density at radius 2 is 1.76 bits per heavy atom. The van der Waals surface area contributed by atoms with Crippen molar-refractivity contribution < 1.29 is 14.2 Å². The van der Waals surface area contributed by atoms with Crippen molar-refractivity contribution in [3.8, 4) is 22.8 Å². The van der Waals surface area contributed by atoms with Crippen LogP contribution in [0.4, 0.5) is 0 Å². The van der Waals surface area contributed by atoms with Gasteiger partial charge in [0.05, 0.1) is 25.5 Å². The van der Waals surface area contributed by atoms with Gasteiger partial charge in [0.15, 0.2) is 11.5 Å². The molecule has 29 heavy (non-hydrogen) atoms. The highest BCUT2D eigenvalue weighted by Crippen LogP contribution is 2.34. The first-order valence-electron chi connectivity index (χ1n) is 9.93. The summed E-state index contributed by atoms with van der Waals surface area (Å²) in [6.07, 6.45) is 2.96. The van der Waals surface area contributed by atoms with Gasteiger partial charge in [0, 0.05) is 51.0 Å². The van der Waals surface area contributed by atoms with Crippen molar-refractivity contribution in [3.05, 3.63) is 65.4 Å². The second-order valence-electron chi connectivity index (χ2n) is 7.24. The molecule has 0 aliphatic carbocycles. The largest absolute Gasteiger partial charge is 0.490 e. The fourth-order valence-corrected chi connectivity index (χ4v) is 3.48. The number of aryl methyl sites for hydroxylation is 1. The van der Waals surface area contributed by atoms with Crippen LogP contribution in [0.1, 0.15) is 23.1 Å². The van der Waals surface area contributed by atoms with E-state index in [9.17, 15) is 0 Å². The van der Waals surface area contributed by atoms with Gasteiger partial charge >= 0.3 is 0 Å². The third-order valence-corrected chi connectivity index (χ3v) is 4.90. The van der Waals surface area contributed by atoms with E-state index in [1.807, 2.05) is 29.9 Å². The van der Waals surface area contributed by atoms with Crippen LogP contribution >= 0.6 is 0 Å². The molecule has 2 aromatic carbocycles. The Morgan fingerprint density at radius 1 is 1.00 bits per heavy atom. The zero-order chi connectivity index (χ0) is 20.1. The van der Waals surface area contributed by atoms with Crippen LogP contribution in [-0.2, 0) is 31.5 Å². The average Bonchev–Trinajstić information content (AvgIpc) is 2.95. The SMILES string of the molecule is COCc1ccc(CNCc2cn(C)nc2-c2ccc3c(c2)OCCCO3)cc1. The number of fused-ring (bicyclic) bond motifs is 1. The smallest absolute Gasteiger partial charge is 0.161 e. The average molecular weight is 393 g/mol. The number of ether oxygens (including phenoxy) is 3. The summed E-state index contributed by atoms with van der Waals surface area (Å²) in [5, 5.41) is 8.20. The van der Waals surface area contributed by atoms with E-state index in [-0.39, 0.29) is 0 Å². The molecule has 1 aromatic heterocycles. The molecule has 2 heterocycles. The fraction of sp³-hybridized carbons (Fsp3) is 0.348. The molecule has 0 saturated heterocycles. The van der Waals surface area contributed by atoms with Crippen LogP contribution < -0.4 is 14.8 Å². The van der Waals surface area contributed by atoms with Crippen LogP contribution in [0.5, 0.6) is 11.5 Å². The molecule has 1 aliphatic rings. The minimum absolute atomic E-state index is 0.641. The standard InChI is InChI=1S/C23H27N3O3/c1-26-15-20(14-24-13-17-4-6-18(7-5-17)16-27-2)23(25-26)19-8-9-21-22(12-19)29-11-3-10-28-21/h4-9,12,15,24H,3,10-11,13-14,16H2,1-2H3. The third kappa shape index (κ3) is 4.78. The zero-order valence-corrected chi connectivity index (χ0v) is 17.0. The molecule has 6 nitrogen and oxygen atoms in total. The van der Waals surface area contributed by atoms with E-state index < -0.39 is 0 Å². The molecule has 0 fully saturated rings. The number of nitrogens with zero attached hydrogens (tertiary/aromatic N) is 2. The molecule has 152 valence electrons. The highest BCUT2D eigenvalue weighted by Gasteiger charge is 2.15. The van der Waals surface area contributed by atoms with E-state index in [0.29, 0.717) is 19.8 Å². The molecule has 0 unspecified atom stereocenters. The summed E-state index contributed by atoms with van der Waals surface area (Å²) in [7, 11) is 3.66. The number of hydrogen-bond acceptors (Lipinski definition) is 5. The summed E-state index contributed by atoms with van der Waals surface area (Å²) in [5.41, 5.74) is 5.57. The first-order chi connectivity index (χ1) is 14.2. The van der Waals surface area contributed by atoms with Gasteiger partial charge in [0.25, 0.3) is 0 Å². The van der Waals surface area contributed by atoms with Gasteiger partial charge in [-0.2, -0.15) is 5.10 Å². The lowest BCUT2D eigenvalue weighted by Gasteiger charge is -2.10. The van der Waals surface area contributed by atoms with Crippen LogP contribution in [0.25, 0.3) is 11.3 Å². The summed E-state index contributed by atoms with van der Waals surface area (Å²) in [5.74, 6) is 1.60. The Morgan fingerprint density at radius 3 is 2.55 bits per heavy atom. The molecule has 0 amide bonds. The Kier molecular flexibility index (Phi) is 6.12. The van der Waals surface area contributed by atoms with Gasteiger partial charge < -0.3 is 19.5 Å². The van der Waals surface area contributed by atoms with Crippen molar-refractivity contribution in [3.63, 3.8) is 0 Å². The molecule has 1 N–H and O–H groups in total. The van der Waals surface area contributed by atoms with Crippen LogP contribution in [0.15, 0.2) is 48.7 Å². The summed E-state index contributed by atoms with van der Waals surface area (Å²) >= 11 is 0. The molecule has 1 aliphatic heterocycles. The molecule has 4 rings (SSSR count). The van der Waals surface area contributed by atoms with Crippen molar-refractivity contribution in [1.82, 2.24) is 15.1 Å². The monoisotopic (exact) mass is 393 g/mol. The van der Waals surface area contributed by atoms with Gasteiger partial charge in [-0.3, -0.25) is 4.68 Å². The molecule has 0 atom stereocenters. The van der Waals surface area contributed by atoms with Gasteiger partial charge in [-0.15, -0.1) is 0 Å². The zero-order valence-electron chi connectivity index (χ0n) is 17.0. The molecule has 3 aromatic rings. The van der Waals surface area contributed by atoms with E-state index in [1.54, 1.807) is 7.11 Å². The quantitative estimate of drug-likeness (QED) is 0.664. The second kappa shape index (κ2) is 9.11. The van der Waals surface area contributed by atoms with Crippen molar-refractivity contribution in [1.29, 1.82) is 0 Å². The van der Waals surface area contributed by atoms with E-state index in [1.165, 1.54) is 11.1 Å². The molecule has 0 bridgehead atoms. The molecule has 0 spiro atoms. The van der Waals surface area contributed by atoms with Crippen molar-refractivity contribution in [2.24, 2.45) is 7.05 Å². The minimum Gasteiger partial charge on any atom is -0.490 e. The number of aromatic nitrogens is 2. The predicted octanol–water partition coefficient (Wildman–Crippen LogP) is 3.68. The Hall–Kier alpha value is -2.83. The molecule has 0 radical (unpaired) electrons. The topological polar surface area (TPSA) is 57.5 Å². The maximum absolute atomic E-state index is 5.84. The molecular formula is C23H27N3O3. The number of rotatable bonds is 7. The number of nitrogens with one attached hydrogen (secondary N) is 1. The maximum Gasteiger partial charge on any atom is 0.161 e. The molecular weight excluding hydrogens is 366 g/mol. The second-order valence-corrected chi connectivity index (χ2v) is 7.24.